The maximum atomic E-state index is 13.8. The van der Waals surface area contributed by atoms with Crippen molar-refractivity contribution >= 4 is 34.3 Å². The number of hydrogen-bond acceptors (Lipinski definition) is 4. The van der Waals surface area contributed by atoms with Gasteiger partial charge in [0.25, 0.3) is 5.91 Å². The molecule has 2 atom stereocenters. The average Bonchev–Trinajstić information content (AvgIpc) is 3.44. The molecule has 8 nitrogen and oxygen atoms in total. The largest absolute Gasteiger partial charge is 0.361 e. The summed E-state index contributed by atoms with van der Waals surface area (Å²) in [7, 11) is 0. The third kappa shape index (κ3) is 6.49. The van der Waals surface area contributed by atoms with Gasteiger partial charge in [0, 0.05) is 53.3 Å². The molecule has 3 amide bonds. The first kappa shape index (κ1) is 28.1. The summed E-state index contributed by atoms with van der Waals surface area (Å²) in [6, 6.07) is 24.0. The summed E-state index contributed by atoms with van der Waals surface area (Å²) < 4.78 is 0. The molecule has 0 aliphatic carbocycles. The number of nitrogens with zero attached hydrogens (tertiary/aromatic N) is 1. The van der Waals surface area contributed by atoms with Crippen LogP contribution in [0.3, 0.4) is 0 Å². The van der Waals surface area contributed by atoms with E-state index in [1.54, 1.807) is 4.90 Å². The van der Waals surface area contributed by atoms with Gasteiger partial charge in [-0.1, -0.05) is 55.5 Å². The Bertz CT molecular complexity index is 1510. The number of nitrogens with one attached hydrogen (secondary N) is 3. The standard InChI is InChI=1S/C33H37N5O3/c1-22(28-21-35-29-13-6-5-12-27(28)29)30(32(40)36-26-11-7-8-23(20-26)14-17-34)37-31(39)24-15-18-38(19-16-24)33(41)25-9-3-2-4-10-25/h2-13,20-22,24,30,35H,14-19,34H2,1H3,(H,36,40)(H,37,39). The predicted molar refractivity (Wildman–Crippen MR) is 162 cm³/mol. The highest BCUT2D eigenvalue weighted by Crippen LogP contribution is 2.29. The van der Waals surface area contributed by atoms with Gasteiger partial charge in [0.15, 0.2) is 0 Å². The lowest BCUT2D eigenvalue weighted by molar-refractivity contribution is -0.130. The Morgan fingerprint density at radius 2 is 1.71 bits per heavy atom. The van der Waals surface area contributed by atoms with Gasteiger partial charge in [0.1, 0.15) is 6.04 Å². The molecule has 1 aromatic heterocycles. The highest BCUT2D eigenvalue weighted by molar-refractivity contribution is 5.99. The molecule has 0 spiro atoms. The molecule has 2 unspecified atom stereocenters. The van der Waals surface area contributed by atoms with Crippen molar-refractivity contribution in [3.63, 3.8) is 0 Å². The first-order valence-electron chi connectivity index (χ1n) is 14.2. The van der Waals surface area contributed by atoms with E-state index in [0.717, 1.165) is 22.0 Å². The van der Waals surface area contributed by atoms with Crippen LogP contribution in [0.2, 0.25) is 0 Å². The van der Waals surface area contributed by atoms with Crippen molar-refractivity contribution in [3.8, 4) is 0 Å². The zero-order valence-corrected chi connectivity index (χ0v) is 23.3. The van der Waals surface area contributed by atoms with Crippen LogP contribution < -0.4 is 16.4 Å². The maximum absolute atomic E-state index is 13.8. The van der Waals surface area contributed by atoms with Crippen LogP contribution in [0.4, 0.5) is 5.69 Å². The van der Waals surface area contributed by atoms with Crippen molar-refractivity contribution in [3.05, 3.63) is 102 Å². The van der Waals surface area contributed by atoms with E-state index in [-0.39, 0.29) is 29.6 Å². The first-order valence-corrected chi connectivity index (χ1v) is 14.2. The molecule has 2 heterocycles. The summed E-state index contributed by atoms with van der Waals surface area (Å²) >= 11 is 0. The molecule has 1 aliphatic heterocycles. The maximum Gasteiger partial charge on any atom is 0.253 e. The molecule has 1 saturated heterocycles. The second-order valence-electron chi connectivity index (χ2n) is 10.7. The predicted octanol–water partition coefficient (Wildman–Crippen LogP) is 4.45. The summed E-state index contributed by atoms with van der Waals surface area (Å²) in [6.45, 7) is 3.47. The van der Waals surface area contributed by atoms with Crippen molar-refractivity contribution < 1.29 is 14.4 Å². The van der Waals surface area contributed by atoms with Gasteiger partial charge in [0.05, 0.1) is 0 Å². The fraction of sp³-hybridized carbons (Fsp3) is 0.303. The monoisotopic (exact) mass is 551 g/mol. The Labute approximate surface area is 240 Å². The number of aromatic amines is 1. The zero-order valence-electron chi connectivity index (χ0n) is 23.3. The molecular formula is C33H37N5O3. The molecule has 212 valence electrons. The summed E-state index contributed by atoms with van der Waals surface area (Å²) in [5.74, 6) is -1.06. The fourth-order valence-corrected chi connectivity index (χ4v) is 5.64. The molecule has 5 N–H and O–H groups in total. The van der Waals surface area contributed by atoms with Crippen molar-refractivity contribution in [2.45, 2.75) is 38.1 Å². The number of likely N-dealkylation sites (tertiary alicyclic amines) is 1. The zero-order chi connectivity index (χ0) is 28.8. The van der Waals surface area contributed by atoms with Crippen LogP contribution in [0.1, 0.15) is 47.2 Å². The summed E-state index contributed by atoms with van der Waals surface area (Å²) in [5, 5.41) is 7.13. The van der Waals surface area contributed by atoms with Crippen molar-refractivity contribution in [1.29, 1.82) is 0 Å². The smallest absolute Gasteiger partial charge is 0.253 e. The third-order valence-electron chi connectivity index (χ3n) is 7.99. The molecule has 0 radical (unpaired) electrons. The highest BCUT2D eigenvalue weighted by Gasteiger charge is 2.34. The summed E-state index contributed by atoms with van der Waals surface area (Å²) in [6.07, 6.45) is 3.71. The number of piperidine rings is 1. The first-order chi connectivity index (χ1) is 19.9. The lowest BCUT2D eigenvalue weighted by Crippen LogP contribution is -2.50. The molecule has 0 saturated carbocycles. The second-order valence-corrected chi connectivity index (χ2v) is 10.7. The molecule has 5 rings (SSSR count). The van der Waals surface area contributed by atoms with Gasteiger partial charge in [-0.05, 0) is 67.3 Å². The number of aromatic nitrogens is 1. The van der Waals surface area contributed by atoms with E-state index in [1.165, 1.54) is 0 Å². The number of carbonyl (C=O) groups excluding carboxylic acids is 3. The number of carbonyl (C=O) groups is 3. The van der Waals surface area contributed by atoms with Gasteiger partial charge in [-0.2, -0.15) is 0 Å². The van der Waals surface area contributed by atoms with Gasteiger partial charge >= 0.3 is 0 Å². The minimum atomic E-state index is -0.802. The van der Waals surface area contributed by atoms with E-state index in [0.29, 0.717) is 50.1 Å². The molecule has 3 aromatic carbocycles. The van der Waals surface area contributed by atoms with Crippen molar-refractivity contribution in [1.82, 2.24) is 15.2 Å². The molecule has 1 aliphatic rings. The van der Waals surface area contributed by atoms with Gasteiger partial charge in [0.2, 0.25) is 11.8 Å². The lowest BCUT2D eigenvalue weighted by atomic mass is 9.90. The van der Waals surface area contributed by atoms with Crippen LogP contribution in [-0.4, -0.2) is 53.3 Å². The molecule has 0 bridgehead atoms. The lowest BCUT2D eigenvalue weighted by Gasteiger charge is -2.33. The van der Waals surface area contributed by atoms with Gasteiger partial charge in [-0.25, -0.2) is 0 Å². The van der Waals surface area contributed by atoms with E-state index < -0.39 is 6.04 Å². The number of nitrogens with two attached hydrogens (primary N) is 1. The quantitative estimate of drug-likeness (QED) is 0.246. The van der Waals surface area contributed by atoms with E-state index in [1.807, 2.05) is 92.0 Å². The minimum absolute atomic E-state index is 0.0217. The van der Waals surface area contributed by atoms with Crippen LogP contribution in [-0.2, 0) is 16.0 Å². The number of para-hydroxylation sites is 1. The number of hydrogen-bond donors (Lipinski definition) is 4. The molecule has 8 heteroatoms. The van der Waals surface area contributed by atoms with Crippen LogP contribution in [0.5, 0.6) is 0 Å². The highest BCUT2D eigenvalue weighted by atomic mass is 16.2. The van der Waals surface area contributed by atoms with Gasteiger partial charge < -0.3 is 26.3 Å². The third-order valence-corrected chi connectivity index (χ3v) is 7.99. The van der Waals surface area contributed by atoms with Crippen LogP contribution in [0, 0.1) is 5.92 Å². The van der Waals surface area contributed by atoms with Gasteiger partial charge in [-0.15, -0.1) is 0 Å². The summed E-state index contributed by atoms with van der Waals surface area (Å²) in [4.78, 5) is 45.3. The summed E-state index contributed by atoms with van der Waals surface area (Å²) in [5.41, 5.74) is 10.0. The van der Waals surface area contributed by atoms with E-state index >= 15 is 0 Å². The van der Waals surface area contributed by atoms with E-state index in [4.69, 9.17) is 5.73 Å². The van der Waals surface area contributed by atoms with Crippen LogP contribution >= 0.6 is 0 Å². The number of H-pyrrole nitrogens is 1. The molecule has 4 aromatic rings. The number of rotatable bonds is 9. The number of benzene rings is 3. The van der Waals surface area contributed by atoms with Gasteiger partial charge in [-0.3, -0.25) is 14.4 Å². The minimum Gasteiger partial charge on any atom is -0.361 e. The van der Waals surface area contributed by atoms with Crippen LogP contribution in [0.25, 0.3) is 10.9 Å². The second kappa shape index (κ2) is 12.8. The molecular weight excluding hydrogens is 514 g/mol. The van der Waals surface area contributed by atoms with E-state index in [2.05, 4.69) is 15.6 Å². The Morgan fingerprint density at radius 3 is 2.46 bits per heavy atom. The number of amides is 3. The SMILES string of the molecule is CC(c1c[nH]c2ccccc12)C(NC(=O)C1CCN(C(=O)c2ccccc2)CC1)C(=O)Nc1cccc(CCN)c1. The Hall–Kier alpha value is -4.43. The number of anilines is 1. The normalized spacial score (nSPS) is 15.3. The van der Waals surface area contributed by atoms with Crippen molar-refractivity contribution in [2.24, 2.45) is 11.7 Å². The van der Waals surface area contributed by atoms with E-state index in [9.17, 15) is 14.4 Å². The Morgan fingerprint density at radius 1 is 0.976 bits per heavy atom. The number of fused-ring (bicyclic) bond motifs is 1. The van der Waals surface area contributed by atoms with Crippen molar-refractivity contribution in [2.75, 3.05) is 25.0 Å². The Kier molecular flexibility index (Phi) is 8.79. The average molecular weight is 552 g/mol. The Balaban J connectivity index is 1.32. The fourth-order valence-electron chi connectivity index (χ4n) is 5.64. The topological polar surface area (TPSA) is 120 Å². The molecule has 41 heavy (non-hydrogen) atoms. The van der Waals surface area contributed by atoms with Crippen LogP contribution in [0.15, 0.2) is 85.1 Å². The molecule has 1 fully saturated rings.